The first-order chi connectivity index (χ1) is 15.4. The molecule has 1 aliphatic rings. The van der Waals surface area contributed by atoms with E-state index < -0.39 is 16.9 Å². The number of fused-ring (bicyclic) bond motifs is 2. The number of non-ortho nitro benzene ring substituents is 1. The van der Waals surface area contributed by atoms with Crippen molar-refractivity contribution in [2.24, 2.45) is 0 Å². The Kier molecular flexibility index (Phi) is 4.56. The maximum atomic E-state index is 13.5. The first-order valence-electron chi connectivity index (χ1n) is 9.76. The second kappa shape index (κ2) is 7.32. The number of nitro benzene ring substituents is 1. The van der Waals surface area contributed by atoms with Crippen LogP contribution in [0, 0.1) is 17.0 Å². The molecule has 1 unspecified atom stereocenters. The molecule has 0 saturated carbocycles. The fourth-order valence-electron chi connectivity index (χ4n) is 4.04. The molecule has 0 N–H and O–H groups in total. The van der Waals surface area contributed by atoms with Gasteiger partial charge in [-0.1, -0.05) is 41.9 Å². The number of hydrogen-bond acceptors (Lipinski definition) is 5. The zero-order valence-corrected chi connectivity index (χ0v) is 17.5. The molecule has 158 valence electrons. The standard InChI is InChI=1S/C24H15ClN2O5/c1-13-9-10-15(12-18(13)25)26-21(14-5-4-6-16(11-14)27(30)31)20-22(28)17-7-2-3-8-19(17)32-23(20)24(26)29/h2-12,21H,1H3. The SMILES string of the molecule is Cc1ccc(N2C(=O)c3oc4ccccc4c(=O)c3C2c2cccc([N+](=O)[O-])c2)cc1Cl. The predicted octanol–water partition coefficient (Wildman–Crippen LogP) is 5.41. The molecule has 0 fully saturated rings. The van der Waals surface area contributed by atoms with E-state index in [9.17, 15) is 19.7 Å². The van der Waals surface area contributed by atoms with E-state index in [1.807, 2.05) is 6.92 Å². The fraction of sp³-hybridized carbons (Fsp3) is 0.0833. The lowest BCUT2D eigenvalue weighted by Crippen LogP contribution is -2.29. The van der Waals surface area contributed by atoms with Gasteiger partial charge in [-0.2, -0.15) is 0 Å². The highest BCUT2D eigenvalue weighted by Gasteiger charge is 2.44. The van der Waals surface area contributed by atoms with Gasteiger partial charge < -0.3 is 4.42 Å². The van der Waals surface area contributed by atoms with Crippen LogP contribution in [0.2, 0.25) is 5.02 Å². The van der Waals surface area contributed by atoms with Crippen molar-refractivity contribution in [1.29, 1.82) is 0 Å². The van der Waals surface area contributed by atoms with Crippen LogP contribution in [-0.2, 0) is 0 Å². The molecule has 1 aromatic heterocycles. The number of amides is 1. The molecule has 1 amide bonds. The van der Waals surface area contributed by atoms with E-state index >= 15 is 0 Å². The lowest BCUT2D eigenvalue weighted by atomic mass is 9.97. The Bertz CT molecular complexity index is 1490. The van der Waals surface area contributed by atoms with E-state index in [4.69, 9.17) is 16.0 Å². The number of hydrogen-bond donors (Lipinski definition) is 0. The molecule has 32 heavy (non-hydrogen) atoms. The highest BCUT2D eigenvalue weighted by atomic mass is 35.5. The smallest absolute Gasteiger partial charge is 0.295 e. The average Bonchev–Trinajstić information content (AvgIpc) is 3.08. The maximum absolute atomic E-state index is 13.5. The Morgan fingerprint density at radius 3 is 2.56 bits per heavy atom. The van der Waals surface area contributed by atoms with Gasteiger partial charge in [0, 0.05) is 22.8 Å². The Morgan fingerprint density at radius 1 is 1.03 bits per heavy atom. The van der Waals surface area contributed by atoms with Gasteiger partial charge in [0.05, 0.1) is 21.9 Å². The van der Waals surface area contributed by atoms with E-state index in [1.54, 1.807) is 48.5 Å². The predicted molar refractivity (Wildman–Crippen MR) is 120 cm³/mol. The Hall–Kier alpha value is -3.97. The third-order valence-electron chi connectivity index (χ3n) is 5.61. The number of carbonyl (C=O) groups excluding carboxylic acids is 1. The molecule has 5 rings (SSSR count). The van der Waals surface area contributed by atoms with Crippen molar-refractivity contribution in [3.05, 3.63) is 115 Å². The van der Waals surface area contributed by atoms with E-state index in [2.05, 4.69) is 0 Å². The van der Waals surface area contributed by atoms with Gasteiger partial charge in [-0.15, -0.1) is 0 Å². The molecule has 0 saturated heterocycles. The van der Waals surface area contributed by atoms with Crippen LogP contribution in [0.1, 0.15) is 33.3 Å². The van der Waals surface area contributed by atoms with Gasteiger partial charge in [-0.05, 0) is 42.3 Å². The summed E-state index contributed by atoms with van der Waals surface area (Å²) >= 11 is 6.32. The fourth-order valence-corrected chi connectivity index (χ4v) is 4.22. The van der Waals surface area contributed by atoms with E-state index in [0.29, 0.717) is 27.2 Å². The second-order valence-electron chi connectivity index (χ2n) is 7.53. The summed E-state index contributed by atoms with van der Waals surface area (Å²) in [4.78, 5) is 39.2. The summed E-state index contributed by atoms with van der Waals surface area (Å²) in [5, 5.41) is 12.2. The van der Waals surface area contributed by atoms with E-state index in [-0.39, 0.29) is 22.4 Å². The van der Waals surface area contributed by atoms with E-state index in [0.717, 1.165) is 5.56 Å². The number of anilines is 1. The summed E-state index contributed by atoms with van der Waals surface area (Å²) < 4.78 is 5.87. The number of aryl methyl sites for hydroxylation is 1. The first kappa shape index (κ1) is 20.0. The van der Waals surface area contributed by atoms with Crippen molar-refractivity contribution < 1.29 is 14.1 Å². The van der Waals surface area contributed by atoms with Gasteiger partial charge in [0.1, 0.15) is 5.58 Å². The molecule has 0 aliphatic carbocycles. The van der Waals surface area contributed by atoms with Crippen molar-refractivity contribution in [3.8, 4) is 0 Å². The van der Waals surface area contributed by atoms with E-state index in [1.165, 1.54) is 23.1 Å². The summed E-state index contributed by atoms with van der Waals surface area (Å²) in [6.45, 7) is 1.84. The molecule has 3 aromatic carbocycles. The Balaban J connectivity index is 1.82. The number of para-hydroxylation sites is 1. The maximum Gasteiger partial charge on any atom is 0.295 e. The van der Waals surface area contributed by atoms with Gasteiger partial charge in [0.25, 0.3) is 11.6 Å². The van der Waals surface area contributed by atoms with Crippen LogP contribution in [0.3, 0.4) is 0 Å². The molecule has 1 atom stereocenters. The highest BCUT2D eigenvalue weighted by molar-refractivity contribution is 6.31. The van der Waals surface area contributed by atoms with Crippen molar-refractivity contribution in [2.75, 3.05) is 4.90 Å². The van der Waals surface area contributed by atoms with Crippen LogP contribution in [0.15, 0.2) is 75.9 Å². The molecule has 0 radical (unpaired) electrons. The molecule has 2 heterocycles. The summed E-state index contributed by atoms with van der Waals surface area (Å²) in [5.74, 6) is -0.596. The number of halogens is 1. The molecule has 0 bridgehead atoms. The lowest BCUT2D eigenvalue weighted by Gasteiger charge is -2.25. The largest absolute Gasteiger partial charge is 0.450 e. The molecular weight excluding hydrogens is 432 g/mol. The summed E-state index contributed by atoms with van der Waals surface area (Å²) in [6, 6.07) is 16.8. The summed E-state index contributed by atoms with van der Waals surface area (Å²) in [6.07, 6.45) is 0. The minimum absolute atomic E-state index is 0.0816. The molecular formula is C24H15ClN2O5. The number of benzene rings is 3. The van der Waals surface area contributed by atoms with Crippen molar-refractivity contribution in [1.82, 2.24) is 0 Å². The van der Waals surface area contributed by atoms with Gasteiger partial charge in [-0.25, -0.2) is 0 Å². The van der Waals surface area contributed by atoms with Crippen LogP contribution in [0.5, 0.6) is 0 Å². The number of carbonyl (C=O) groups is 1. The minimum atomic E-state index is -0.906. The normalized spacial score (nSPS) is 15.2. The summed E-state index contributed by atoms with van der Waals surface area (Å²) in [7, 11) is 0. The second-order valence-corrected chi connectivity index (χ2v) is 7.94. The van der Waals surface area contributed by atoms with Crippen LogP contribution in [-0.4, -0.2) is 10.8 Å². The van der Waals surface area contributed by atoms with Gasteiger partial charge in [0.15, 0.2) is 5.43 Å². The minimum Gasteiger partial charge on any atom is -0.450 e. The molecule has 8 heteroatoms. The average molecular weight is 447 g/mol. The Labute approximate surface area is 186 Å². The quantitative estimate of drug-likeness (QED) is 0.309. The zero-order valence-electron chi connectivity index (χ0n) is 16.7. The monoisotopic (exact) mass is 446 g/mol. The summed E-state index contributed by atoms with van der Waals surface area (Å²) in [5.41, 5.74) is 1.65. The van der Waals surface area contributed by atoms with Crippen molar-refractivity contribution in [2.45, 2.75) is 13.0 Å². The van der Waals surface area contributed by atoms with Crippen molar-refractivity contribution in [3.63, 3.8) is 0 Å². The third-order valence-corrected chi connectivity index (χ3v) is 6.02. The molecule has 1 aliphatic heterocycles. The van der Waals surface area contributed by atoms with Crippen LogP contribution >= 0.6 is 11.6 Å². The molecule has 7 nitrogen and oxygen atoms in total. The van der Waals surface area contributed by atoms with Gasteiger partial charge in [0.2, 0.25) is 5.76 Å². The van der Waals surface area contributed by atoms with Crippen LogP contribution < -0.4 is 10.3 Å². The zero-order chi connectivity index (χ0) is 22.6. The van der Waals surface area contributed by atoms with Crippen LogP contribution in [0.4, 0.5) is 11.4 Å². The number of nitro groups is 1. The lowest BCUT2D eigenvalue weighted by molar-refractivity contribution is -0.384. The third kappa shape index (κ3) is 2.98. The van der Waals surface area contributed by atoms with Crippen molar-refractivity contribution >= 4 is 39.9 Å². The van der Waals surface area contributed by atoms with Crippen LogP contribution in [0.25, 0.3) is 11.0 Å². The molecule has 4 aromatic rings. The first-order valence-corrected chi connectivity index (χ1v) is 10.1. The Morgan fingerprint density at radius 2 is 1.81 bits per heavy atom. The van der Waals surface area contributed by atoms with Gasteiger partial charge >= 0.3 is 0 Å². The van der Waals surface area contributed by atoms with Gasteiger partial charge in [-0.3, -0.25) is 24.6 Å². The highest BCUT2D eigenvalue weighted by Crippen LogP contribution is 2.42. The molecule has 0 spiro atoms. The topological polar surface area (TPSA) is 93.7 Å². The number of nitrogens with zero attached hydrogens (tertiary/aromatic N) is 2. The number of rotatable bonds is 3.